The summed E-state index contributed by atoms with van der Waals surface area (Å²) in [7, 11) is 8.66. The largest absolute Gasteiger partial charge is 0.309 e. The smallest absolute Gasteiger partial charge is 0.00418 e. The number of hydrogen-bond donors (Lipinski definition) is 0. The van der Waals surface area contributed by atoms with Crippen LogP contribution in [0.5, 0.6) is 0 Å². The van der Waals surface area contributed by atoms with Crippen molar-refractivity contribution in [2.75, 3.05) is 74.2 Å². The summed E-state index contributed by atoms with van der Waals surface area (Å²) in [4.78, 5) is 7.06. The lowest BCUT2D eigenvalue weighted by Gasteiger charge is -2.29. The quantitative estimate of drug-likeness (QED) is 0.365. The van der Waals surface area contributed by atoms with E-state index < -0.39 is 0 Å². The van der Waals surface area contributed by atoms with Gasteiger partial charge in [-0.1, -0.05) is 58.0 Å². The third-order valence-corrected chi connectivity index (χ3v) is 6.95. The lowest BCUT2D eigenvalue weighted by atomic mass is 9.88. The first-order valence-electron chi connectivity index (χ1n) is 11.7. The van der Waals surface area contributed by atoms with E-state index in [1.54, 1.807) is 0 Å². The zero-order valence-corrected chi connectivity index (χ0v) is 22.8. The number of nitrogens with zero attached hydrogens (tertiary/aromatic N) is 3. The molecule has 0 heterocycles. The first-order chi connectivity index (χ1) is 14.0. The summed E-state index contributed by atoms with van der Waals surface area (Å²) in [6, 6.07) is 11.0. The highest BCUT2D eigenvalue weighted by Gasteiger charge is 2.22. The first-order valence-corrected chi connectivity index (χ1v) is 14.0. The third kappa shape index (κ3) is 16.3. The van der Waals surface area contributed by atoms with E-state index in [0.29, 0.717) is 5.41 Å². The van der Waals surface area contributed by atoms with Crippen LogP contribution in [-0.4, -0.2) is 88.9 Å². The van der Waals surface area contributed by atoms with Gasteiger partial charge in [-0.3, -0.25) is 0 Å². The molecule has 0 N–H and O–H groups in total. The van der Waals surface area contributed by atoms with Gasteiger partial charge in [0.25, 0.3) is 0 Å². The van der Waals surface area contributed by atoms with Crippen molar-refractivity contribution in [2.45, 2.75) is 52.6 Å². The van der Waals surface area contributed by atoms with Gasteiger partial charge in [0.2, 0.25) is 0 Å². The molecule has 1 unspecified atom stereocenters. The van der Waals surface area contributed by atoms with Gasteiger partial charge in [-0.15, -0.1) is 7.92 Å². The number of hydrogen-bond acceptors (Lipinski definition) is 3. The Morgan fingerprint density at radius 3 is 1.60 bits per heavy atom. The van der Waals surface area contributed by atoms with Crippen molar-refractivity contribution < 1.29 is 0 Å². The second-order valence-corrected chi connectivity index (χ2v) is 13.0. The van der Waals surface area contributed by atoms with Gasteiger partial charge in [0.1, 0.15) is 0 Å². The van der Waals surface area contributed by atoms with E-state index in [0.717, 1.165) is 5.66 Å². The fourth-order valence-electron chi connectivity index (χ4n) is 3.50. The van der Waals surface area contributed by atoms with Crippen LogP contribution >= 0.6 is 7.92 Å². The van der Waals surface area contributed by atoms with Crippen LogP contribution in [0.1, 0.15) is 58.2 Å². The highest BCUT2D eigenvalue weighted by atomic mass is 31.1. The van der Waals surface area contributed by atoms with Crippen LogP contribution in [0.2, 0.25) is 0 Å². The molecule has 0 radical (unpaired) electrons. The van der Waals surface area contributed by atoms with Crippen molar-refractivity contribution in [1.82, 2.24) is 14.7 Å². The van der Waals surface area contributed by atoms with Crippen LogP contribution in [0.15, 0.2) is 30.3 Å². The van der Waals surface area contributed by atoms with E-state index >= 15 is 0 Å². The second kappa shape index (κ2) is 16.2. The molecule has 0 amide bonds. The molecule has 30 heavy (non-hydrogen) atoms. The standard InChI is InChI=1S/C14H23P.C12H29N3/c1-14(2,3)11-13(15(4)5)12-9-7-6-8-10-12;1-6-15(11-7-9-13(2)3)12-8-10-14(4)5/h6-10,13H,11H2,1-5H3;6-12H2,1-5H3. The zero-order chi connectivity index (χ0) is 23.2. The van der Waals surface area contributed by atoms with E-state index in [9.17, 15) is 0 Å². The number of benzene rings is 1. The van der Waals surface area contributed by atoms with Gasteiger partial charge in [0.05, 0.1) is 0 Å². The average Bonchev–Trinajstić information content (AvgIpc) is 2.64. The normalized spacial score (nSPS) is 13.1. The highest BCUT2D eigenvalue weighted by molar-refractivity contribution is 7.56. The molecule has 0 bridgehead atoms. The van der Waals surface area contributed by atoms with Crippen LogP contribution in [-0.2, 0) is 0 Å². The molecular weight excluding hydrogens is 385 g/mol. The Kier molecular flexibility index (Phi) is 15.9. The Morgan fingerprint density at radius 2 is 1.27 bits per heavy atom. The van der Waals surface area contributed by atoms with Crippen molar-refractivity contribution in [3.05, 3.63) is 35.9 Å². The molecule has 0 fully saturated rings. The van der Waals surface area contributed by atoms with Gasteiger partial charge in [-0.05, 0) is 104 Å². The van der Waals surface area contributed by atoms with E-state index in [1.165, 1.54) is 57.5 Å². The molecular formula is C26H52N3P. The summed E-state index contributed by atoms with van der Waals surface area (Å²) in [6.45, 7) is 20.1. The predicted octanol–water partition coefficient (Wildman–Crippen LogP) is 6.12. The van der Waals surface area contributed by atoms with E-state index in [1.807, 2.05) is 0 Å². The van der Waals surface area contributed by atoms with Crippen molar-refractivity contribution in [1.29, 1.82) is 0 Å². The molecule has 3 nitrogen and oxygen atoms in total. The minimum atomic E-state index is 0.0955. The van der Waals surface area contributed by atoms with Crippen LogP contribution in [0.4, 0.5) is 0 Å². The van der Waals surface area contributed by atoms with E-state index in [-0.39, 0.29) is 7.92 Å². The van der Waals surface area contributed by atoms with Crippen molar-refractivity contribution >= 4 is 7.92 Å². The van der Waals surface area contributed by atoms with E-state index in [4.69, 9.17) is 0 Å². The van der Waals surface area contributed by atoms with Gasteiger partial charge in [-0.25, -0.2) is 0 Å². The molecule has 1 atom stereocenters. The predicted molar refractivity (Wildman–Crippen MR) is 140 cm³/mol. The molecule has 0 aromatic heterocycles. The second-order valence-electron chi connectivity index (χ2n) is 10.4. The summed E-state index contributed by atoms with van der Waals surface area (Å²) in [5.74, 6) is 0. The van der Waals surface area contributed by atoms with Crippen LogP contribution in [0.3, 0.4) is 0 Å². The fourth-order valence-corrected chi connectivity index (χ4v) is 5.18. The third-order valence-electron chi connectivity index (χ3n) is 5.22. The highest BCUT2D eigenvalue weighted by Crippen LogP contribution is 2.50. The minimum absolute atomic E-state index is 0.0955. The van der Waals surface area contributed by atoms with Crippen LogP contribution in [0, 0.1) is 5.41 Å². The Morgan fingerprint density at radius 1 is 0.800 bits per heavy atom. The summed E-state index contributed by atoms with van der Waals surface area (Å²) in [5.41, 5.74) is 2.69. The van der Waals surface area contributed by atoms with Crippen molar-refractivity contribution in [2.24, 2.45) is 5.41 Å². The monoisotopic (exact) mass is 437 g/mol. The number of rotatable bonds is 12. The van der Waals surface area contributed by atoms with Crippen LogP contribution < -0.4 is 0 Å². The summed E-state index contributed by atoms with van der Waals surface area (Å²) < 4.78 is 0. The van der Waals surface area contributed by atoms with Crippen molar-refractivity contribution in [3.63, 3.8) is 0 Å². The lowest BCUT2D eigenvalue weighted by molar-refractivity contribution is 0.251. The molecule has 0 saturated carbocycles. The molecule has 4 heteroatoms. The maximum Gasteiger partial charge on any atom is 0.00418 e. The van der Waals surface area contributed by atoms with Gasteiger partial charge in [0.15, 0.2) is 0 Å². The molecule has 0 saturated heterocycles. The van der Waals surface area contributed by atoms with Gasteiger partial charge < -0.3 is 14.7 Å². The van der Waals surface area contributed by atoms with E-state index in [2.05, 4.69) is 114 Å². The summed E-state index contributed by atoms with van der Waals surface area (Å²) in [6.07, 6.45) is 3.85. The SMILES string of the molecule is CCN(CCCN(C)C)CCCN(C)C.CP(C)C(CC(C)(C)C)c1ccccc1. The Hall–Kier alpha value is -0.470. The Bertz CT molecular complexity index is 495. The van der Waals surface area contributed by atoms with Crippen molar-refractivity contribution in [3.8, 4) is 0 Å². The average molecular weight is 438 g/mol. The van der Waals surface area contributed by atoms with Gasteiger partial charge in [-0.2, -0.15) is 0 Å². The van der Waals surface area contributed by atoms with Gasteiger partial charge >= 0.3 is 0 Å². The maximum atomic E-state index is 2.55. The molecule has 1 aromatic rings. The maximum absolute atomic E-state index is 2.55. The lowest BCUT2D eigenvalue weighted by Crippen LogP contribution is -2.30. The topological polar surface area (TPSA) is 9.72 Å². The molecule has 1 aromatic carbocycles. The first kappa shape index (κ1) is 29.5. The fraction of sp³-hybridized carbons (Fsp3) is 0.769. The molecule has 0 aliphatic carbocycles. The minimum Gasteiger partial charge on any atom is -0.309 e. The van der Waals surface area contributed by atoms with Crippen LogP contribution in [0.25, 0.3) is 0 Å². The Labute approximate surface area is 191 Å². The molecule has 0 aliphatic heterocycles. The summed E-state index contributed by atoms with van der Waals surface area (Å²) in [5, 5.41) is 0. The Balaban J connectivity index is 0.000000561. The molecule has 176 valence electrons. The molecule has 1 rings (SSSR count). The molecule has 0 aliphatic rings. The van der Waals surface area contributed by atoms with Gasteiger partial charge in [0, 0.05) is 5.66 Å². The zero-order valence-electron chi connectivity index (χ0n) is 21.9. The summed E-state index contributed by atoms with van der Waals surface area (Å²) >= 11 is 0. The molecule has 0 spiro atoms.